The van der Waals surface area contributed by atoms with E-state index in [1.54, 1.807) is 24.3 Å². The number of aromatic nitrogens is 1. The summed E-state index contributed by atoms with van der Waals surface area (Å²) in [5.41, 5.74) is 2.72. The van der Waals surface area contributed by atoms with Crippen molar-refractivity contribution < 1.29 is 9.63 Å². The summed E-state index contributed by atoms with van der Waals surface area (Å²) in [6, 6.07) is 18.6. The van der Waals surface area contributed by atoms with Gasteiger partial charge in [0.25, 0.3) is 0 Å². The molecule has 0 aliphatic heterocycles. The van der Waals surface area contributed by atoms with Crippen molar-refractivity contribution in [1.29, 1.82) is 0 Å². The first-order chi connectivity index (χ1) is 8.83. The molecule has 0 saturated heterocycles. The average Bonchev–Trinajstić information content (AvgIpc) is 2.90. The predicted molar refractivity (Wildman–Crippen MR) is 69.0 cm³/mol. The van der Waals surface area contributed by atoms with Gasteiger partial charge in [0.15, 0.2) is 5.76 Å². The number of phenolic OH excluding ortho intramolecular Hbond substituents is 1. The number of aromatic hydroxyl groups is 1. The maximum absolute atomic E-state index is 9.24. The van der Waals surface area contributed by atoms with Gasteiger partial charge in [0.2, 0.25) is 0 Å². The summed E-state index contributed by atoms with van der Waals surface area (Å²) in [6.07, 6.45) is 0. The molecule has 0 amide bonds. The molecule has 0 bridgehead atoms. The molecular weight excluding hydrogens is 226 g/mol. The van der Waals surface area contributed by atoms with E-state index in [-0.39, 0.29) is 5.75 Å². The third-order valence-electron chi connectivity index (χ3n) is 2.73. The van der Waals surface area contributed by atoms with Crippen LogP contribution in [0.5, 0.6) is 5.75 Å². The van der Waals surface area contributed by atoms with Gasteiger partial charge in [-0.3, -0.25) is 0 Å². The van der Waals surface area contributed by atoms with Gasteiger partial charge >= 0.3 is 0 Å². The zero-order chi connectivity index (χ0) is 12.4. The Morgan fingerprint density at radius 1 is 0.833 bits per heavy atom. The first-order valence-electron chi connectivity index (χ1n) is 5.64. The van der Waals surface area contributed by atoms with Crippen LogP contribution in [-0.2, 0) is 0 Å². The van der Waals surface area contributed by atoms with Crippen molar-refractivity contribution in [2.45, 2.75) is 0 Å². The Balaban J connectivity index is 1.97. The fourth-order valence-electron chi connectivity index (χ4n) is 1.78. The van der Waals surface area contributed by atoms with E-state index >= 15 is 0 Å². The molecule has 0 radical (unpaired) electrons. The lowest BCUT2D eigenvalue weighted by molar-refractivity contribution is 0.434. The predicted octanol–water partition coefficient (Wildman–Crippen LogP) is 3.71. The highest BCUT2D eigenvalue weighted by atomic mass is 16.5. The van der Waals surface area contributed by atoms with Gasteiger partial charge in [-0.15, -0.1) is 0 Å². The van der Waals surface area contributed by atoms with Crippen LogP contribution in [0, 0.1) is 0 Å². The Hall–Kier alpha value is -2.55. The second kappa shape index (κ2) is 4.37. The van der Waals surface area contributed by atoms with E-state index in [2.05, 4.69) is 5.16 Å². The molecule has 0 saturated carbocycles. The summed E-state index contributed by atoms with van der Waals surface area (Å²) in [4.78, 5) is 0. The van der Waals surface area contributed by atoms with Gasteiger partial charge in [-0.05, 0) is 24.3 Å². The van der Waals surface area contributed by atoms with Crippen LogP contribution in [0.25, 0.3) is 22.6 Å². The third kappa shape index (κ3) is 1.98. The average molecular weight is 237 g/mol. The molecule has 18 heavy (non-hydrogen) atoms. The first-order valence-corrected chi connectivity index (χ1v) is 5.64. The fourth-order valence-corrected chi connectivity index (χ4v) is 1.78. The molecule has 0 fully saturated rings. The van der Waals surface area contributed by atoms with Crippen LogP contribution in [0.2, 0.25) is 0 Å². The monoisotopic (exact) mass is 237 g/mol. The Morgan fingerprint density at radius 3 is 2.28 bits per heavy atom. The van der Waals surface area contributed by atoms with Crippen LogP contribution in [0.3, 0.4) is 0 Å². The summed E-state index contributed by atoms with van der Waals surface area (Å²) >= 11 is 0. The molecule has 0 aliphatic carbocycles. The highest BCUT2D eigenvalue weighted by Crippen LogP contribution is 2.26. The fraction of sp³-hybridized carbons (Fsp3) is 0. The minimum absolute atomic E-state index is 0.238. The number of phenols is 1. The minimum atomic E-state index is 0.238. The zero-order valence-electron chi connectivity index (χ0n) is 9.58. The second-order valence-corrected chi connectivity index (χ2v) is 3.99. The molecule has 1 aromatic heterocycles. The van der Waals surface area contributed by atoms with Gasteiger partial charge in [0.1, 0.15) is 11.4 Å². The highest BCUT2D eigenvalue weighted by Gasteiger charge is 2.07. The number of nitrogens with zero attached hydrogens (tertiary/aromatic N) is 1. The molecule has 0 unspecified atom stereocenters. The minimum Gasteiger partial charge on any atom is -0.508 e. The molecule has 0 atom stereocenters. The molecule has 3 nitrogen and oxygen atoms in total. The van der Waals surface area contributed by atoms with Crippen LogP contribution in [0.1, 0.15) is 0 Å². The Bertz CT molecular complexity index is 642. The van der Waals surface area contributed by atoms with Gasteiger partial charge in [0.05, 0.1) is 0 Å². The van der Waals surface area contributed by atoms with Crippen LogP contribution in [0.15, 0.2) is 65.2 Å². The standard InChI is InChI=1S/C15H11NO2/c17-13-8-6-12(7-9-13)15-10-14(16-18-15)11-4-2-1-3-5-11/h1-10,17H. The van der Waals surface area contributed by atoms with Crippen molar-refractivity contribution >= 4 is 0 Å². The summed E-state index contributed by atoms with van der Waals surface area (Å²) < 4.78 is 5.31. The maximum Gasteiger partial charge on any atom is 0.167 e. The third-order valence-corrected chi connectivity index (χ3v) is 2.73. The highest BCUT2D eigenvalue weighted by molar-refractivity contribution is 5.66. The van der Waals surface area contributed by atoms with E-state index in [4.69, 9.17) is 4.52 Å². The van der Waals surface area contributed by atoms with Crippen molar-refractivity contribution in [2.75, 3.05) is 0 Å². The van der Waals surface area contributed by atoms with Crippen molar-refractivity contribution in [3.8, 4) is 28.3 Å². The molecule has 3 heteroatoms. The molecule has 1 heterocycles. The SMILES string of the molecule is Oc1ccc(-c2cc(-c3ccccc3)no2)cc1. The molecule has 0 spiro atoms. The van der Waals surface area contributed by atoms with Crippen LogP contribution >= 0.6 is 0 Å². The van der Waals surface area contributed by atoms with Gasteiger partial charge in [-0.25, -0.2) is 0 Å². The normalized spacial score (nSPS) is 10.4. The first kappa shape index (κ1) is 10.6. The summed E-state index contributed by atoms with van der Waals surface area (Å²) in [5, 5.41) is 13.3. The zero-order valence-corrected chi connectivity index (χ0v) is 9.58. The largest absolute Gasteiger partial charge is 0.508 e. The molecule has 3 rings (SSSR count). The van der Waals surface area contributed by atoms with Crippen LogP contribution in [-0.4, -0.2) is 10.3 Å². The van der Waals surface area contributed by atoms with Crippen molar-refractivity contribution in [3.63, 3.8) is 0 Å². The van der Waals surface area contributed by atoms with E-state index in [0.717, 1.165) is 16.8 Å². The van der Waals surface area contributed by atoms with Crippen molar-refractivity contribution in [2.24, 2.45) is 0 Å². The van der Waals surface area contributed by atoms with Crippen LogP contribution < -0.4 is 0 Å². The van der Waals surface area contributed by atoms with E-state index in [1.165, 1.54) is 0 Å². The molecule has 0 aliphatic rings. The summed E-state index contributed by atoms with van der Waals surface area (Å²) in [6.45, 7) is 0. The molecule has 2 aromatic carbocycles. The maximum atomic E-state index is 9.24. The summed E-state index contributed by atoms with van der Waals surface area (Å²) in [5.74, 6) is 0.926. The molecule has 3 aromatic rings. The smallest absolute Gasteiger partial charge is 0.167 e. The van der Waals surface area contributed by atoms with Gasteiger partial charge < -0.3 is 9.63 Å². The number of rotatable bonds is 2. The Morgan fingerprint density at radius 2 is 1.56 bits per heavy atom. The molecular formula is C15H11NO2. The lowest BCUT2D eigenvalue weighted by Crippen LogP contribution is -1.74. The van der Waals surface area contributed by atoms with Gasteiger partial charge in [0, 0.05) is 17.2 Å². The number of hydrogen-bond donors (Lipinski definition) is 1. The number of benzene rings is 2. The van der Waals surface area contributed by atoms with E-state index < -0.39 is 0 Å². The number of hydrogen-bond acceptors (Lipinski definition) is 3. The van der Waals surface area contributed by atoms with E-state index in [1.807, 2.05) is 36.4 Å². The molecule has 1 N–H and O–H groups in total. The van der Waals surface area contributed by atoms with Gasteiger partial charge in [-0.2, -0.15) is 0 Å². The Kier molecular flexibility index (Phi) is 2.57. The van der Waals surface area contributed by atoms with Gasteiger partial charge in [-0.1, -0.05) is 35.5 Å². The van der Waals surface area contributed by atoms with E-state index in [0.29, 0.717) is 5.76 Å². The molecule has 88 valence electrons. The Labute approximate surface area is 104 Å². The summed E-state index contributed by atoms with van der Waals surface area (Å²) in [7, 11) is 0. The van der Waals surface area contributed by atoms with E-state index in [9.17, 15) is 5.11 Å². The van der Waals surface area contributed by atoms with Crippen LogP contribution in [0.4, 0.5) is 0 Å². The lowest BCUT2D eigenvalue weighted by atomic mass is 10.1. The lowest BCUT2D eigenvalue weighted by Gasteiger charge is -1.94. The van der Waals surface area contributed by atoms with Crippen molar-refractivity contribution in [3.05, 3.63) is 60.7 Å². The quantitative estimate of drug-likeness (QED) is 0.739. The topological polar surface area (TPSA) is 46.3 Å². The van der Waals surface area contributed by atoms with Crippen molar-refractivity contribution in [1.82, 2.24) is 5.16 Å². The second-order valence-electron chi connectivity index (χ2n) is 3.99.